The Hall–Kier alpha value is -5.45. The molecule has 0 aliphatic carbocycles. The lowest BCUT2D eigenvalue weighted by molar-refractivity contribution is 0.0601. The Kier molecular flexibility index (Phi) is 6.32. The van der Waals surface area contributed by atoms with Gasteiger partial charge in [0.15, 0.2) is 11.6 Å². The fourth-order valence-corrected chi connectivity index (χ4v) is 3.65. The Morgan fingerprint density at radius 1 is 0.946 bits per heavy atom. The Morgan fingerprint density at radius 2 is 1.68 bits per heavy atom. The lowest BCUT2D eigenvalue weighted by Gasteiger charge is -2.11. The minimum atomic E-state index is -0.693. The molecule has 5 rings (SSSR count). The van der Waals surface area contributed by atoms with Crippen LogP contribution < -0.4 is 5.32 Å². The standard InChI is InChI=1S/C26H19N7O4/c1-37-25(36)20-15-29-33(26-27-12-7-13-28-26)23(20)32-31-21-18-11-6-5-8-16(18)14-19(22(21)34)24(35)30-17-9-3-2-4-10-17/h2-15,34H,1H3,(H,30,35). The number of para-hydroxylation sites is 1. The minimum absolute atomic E-state index is 0.00425. The van der Waals surface area contributed by atoms with Crippen molar-refractivity contribution in [3.8, 4) is 11.7 Å². The van der Waals surface area contributed by atoms with Gasteiger partial charge < -0.3 is 15.2 Å². The van der Waals surface area contributed by atoms with E-state index in [1.807, 2.05) is 6.07 Å². The maximum atomic E-state index is 13.0. The zero-order valence-corrected chi connectivity index (χ0v) is 19.4. The summed E-state index contributed by atoms with van der Waals surface area (Å²) in [6, 6.07) is 19.2. The zero-order valence-electron chi connectivity index (χ0n) is 19.4. The van der Waals surface area contributed by atoms with Crippen LogP contribution in [0.2, 0.25) is 0 Å². The Morgan fingerprint density at radius 3 is 2.43 bits per heavy atom. The molecule has 0 aliphatic heterocycles. The average molecular weight is 493 g/mol. The van der Waals surface area contributed by atoms with Crippen molar-refractivity contribution < 1.29 is 19.4 Å². The highest BCUT2D eigenvalue weighted by molar-refractivity contribution is 6.11. The number of phenolic OH excluding ortho intramolecular Hbond substituents is 1. The Balaban J connectivity index is 1.63. The number of ether oxygens (including phenoxy) is 1. The number of rotatable bonds is 6. The molecule has 0 aliphatic rings. The molecule has 1 amide bonds. The van der Waals surface area contributed by atoms with Crippen LogP contribution in [0, 0.1) is 0 Å². The van der Waals surface area contributed by atoms with Gasteiger partial charge in [-0.05, 0) is 29.7 Å². The van der Waals surface area contributed by atoms with Gasteiger partial charge in [-0.1, -0.05) is 42.5 Å². The molecule has 182 valence electrons. The second kappa shape index (κ2) is 10.0. The van der Waals surface area contributed by atoms with Crippen molar-refractivity contribution in [3.63, 3.8) is 0 Å². The first-order valence-corrected chi connectivity index (χ1v) is 11.0. The normalized spacial score (nSPS) is 11.1. The molecule has 2 N–H and O–H groups in total. The second-order valence-electron chi connectivity index (χ2n) is 7.70. The monoisotopic (exact) mass is 493 g/mol. The number of nitrogens with zero attached hydrogens (tertiary/aromatic N) is 6. The van der Waals surface area contributed by atoms with Crippen LogP contribution in [-0.4, -0.2) is 43.8 Å². The summed E-state index contributed by atoms with van der Waals surface area (Å²) in [7, 11) is 1.23. The van der Waals surface area contributed by atoms with Crippen molar-refractivity contribution in [3.05, 3.63) is 96.4 Å². The molecule has 3 aromatic carbocycles. The van der Waals surface area contributed by atoms with Gasteiger partial charge in [-0.25, -0.2) is 14.8 Å². The second-order valence-corrected chi connectivity index (χ2v) is 7.70. The van der Waals surface area contributed by atoms with Gasteiger partial charge in [0.25, 0.3) is 11.9 Å². The first kappa shape index (κ1) is 23.3. The number of anilines is 1. The third kappa shape index (κ3) is 4.60. The molecule has 0 fully saturated rings. The van der Waals surface area contributed by atoms with E-state index < -0.39 is 11.9 Å². The topological polar surface area (TPSA) is 144 Å². The van der Waals surface area contributed by atoms with E-state index in [9.17, 15) is 14.7 Å². The van der Waals surface area contributed by atoms with Crippen LogP contribution in [0.3, 0.4) is 0 Å². The van der Waals surface area contributed by atoms with Crippen LogP contribution in [0.1, 0.15) is 20.7 Å². The summed E-state index contributed by atoms with van der Waals surface area (Å²) in [6.07, 6.45) is 4.28. The summed E-state index contributed by atoms with van der Waals surface area (Å²) < 4.78 is 6.07. The number of carbonyl (C=O) groups excluding carboxylic acids is 2. The fourth-order valence-electron chi connectivity index (χ4n) is 3.65. The maximum absolute atomic E-state index is 13.0. The molecule has 0 unspecified atom stereocenters. The molecule has 37 heavy (non-hydrogen) atoms. The van der Waals surface area contributed by atoms with Crippen molar-refractivity contribution in [2.75, 3.05) is 12.4 Å². The van der Waals surface area contributed by atoms with Crippen LogP contribution >= 0.6 is 0 Å². The van der Waals surface area contributed by atoms with Gasteiger partial charge in [-0.15, -0.1) is 10.2 Å². The fraction of sp³-hybridized carbons (Fsp3) is 0.0385. The predicted octanol–water partition coefficient (Wildman–Crippen LogP) is 4.98. The number of hydrogen-bond acceptors (Lipinski definition) is 9. The largest absolute Gasteiger partial charge is 0.505 e. The summed E-state index contributed by atoms with van der Waals surface area (Å²) >= 11 is 0. The molecule has 11 nitrogen and oxygen atoms in total. The van der Waals surface area contributed by atoms with Crippen molar-refractivity contribution in [2.45, 2.75) is 0 Å². The number of esters is 1. The third-order valence-electron chi connectivity index (χ3n) is 5.41. The molecular weight excluding hydrogens is 474 g/mol. The SMILES string of the molecule is COC(=O)c1cnn(-c2ncccn2)c1N=Nc1c(O)c(C(=O)Nc2ccccc2)cc2ccccc12. The average Bonchev–Trinajstić information content (AvgIpc) is 3.36. The van der Waals surface area contributed by atoms with Crippen molar-refractivity contribution >= 4 is 39.8 Å². The van der Waals surface area contributed by atoms with Gasteiger partial charge in [0.2, 0.25) is 0 Å². The number of aromatic nitrogens is 4. The Labute approximate surface area is 210 Å². The molecule has 11 heteroatoms. The number of benzene rings is 3. The summed E-state index contributed by atoms with van der Waals surface area (Å²) in [4.78, 5) is 33.7. The number of hydrogen-bond donors (Lipinski definition) is 2. The molecule has 0 radical (unpaired) electrons. The van der Waals surface area contributed by atoms with Gasteiger partial charge >= 0.3 is 5.97 Å². The van der Waals surface area contributed by atoms with E-state index in [2.05, 4.69) is 30.6 Å². The van der Waals surface area contributed by atoms with E-state index in [-0.39, 0.29) is 34.3 Å². The van der Waals surface area contributed by atoms with Crippen LogP contribution in [-0.2, 0) is 4.74 Å². The van der Waals surface area contributed by atoms with Crippen LogP contribution in [0.15, 0.2) is 95.5 Å². The number of phenols is 1. The number of fused-ring (bicyclic) bond motifs is 1. The van der Waals surface area contributed by atoms with Gasteiger partial charge in [0, 0.05) is 23.5 Å². The third-order valence-corrected chi connectivity index (χ3v) is 5.41. The van der Waals surface area contributed by atoms with Gasteiger partial charge in [0.05, 0.1) is 18.9 Å². The highest BCUT2D eigenvalue weighted by Crippen LogP contribution is 2.40. The zero-order chi connectivity index (χ0) is 25.8. The number of methoxy groups -OCH3 is 1. The first-order valence-electron chi connectivity index (χ1n) is 11.0. The lowest BCUT2D eigenvalue weighted by atomic mass is 10.0. The molecule has 2 aromatic heterocycles. The highest BCUT2D eigenvalue weighted by Gasteiger charge is 2.22. The summed E-state index contributed by atoms with van der Waals surface area (Å²) in [5, 5.41) is 27.7. The molecule has 0 bridgehead atoms. The highest BCUT2D eigenvalue weighted by atomic mass is 16.5. The minimum Gasteiger partial charge on any atom is -0.505 e. The number of amides is 1. The smallest absolute Gasteiger partial charge is 0.343 e. The van der Waals surface area contributed by atoms with Gasteiger partial charge in [-0.3, -0.25) is 4.79 Å². The van der Waals surface area contributed by atoms with Crippen molar-refractivity contribution in [1.29, 1.82) is 0 Å². The van der Waals surface area contributed by atoms with E-state index in [0.717, 1.165) is 0 Å². The van der Waals surface area contributed by atoms with E-state index in [0.29, 0.717) is 16.5 Å². The molecule has 5 aromatic rings. The van der Waals surface area contributed by atoms with Gasteiger partial charge in [0.1, 0.15) is 11.3 Å². The molecule has 2 heterocycles. The lowest BCUT2D eigenvalue weighted by Crippen LogP contribution is -2.12. The molecular formula is C26H19N7O4. The quantitative estimate of drug-likeness (QED) is 0.251. The first-order chi connectivity index (χ1) is 18.1. The van der Waals surface area contributed by atoms with E-state index in [1.165, 1.54) is 30.4 Å². The number of aromatic hydroxyl groups is 1. The number of azo groups is 1. The Bertz CT molecular complexity index is 1630. The number of carbonyl (C=O) groups is 2. The van der Waals surface area contributed by atoms with Crippen molar-refractivity contribution in [2.24, 2.45) is 10.2 Å². The van der Waals surface area contributed by atoms with Crippen molar-refractivity contribution in [1.82, 2.24) is 19.7 Å². The van der Waals surface area contributed by atoms with Crippen LogP contribution in [0.25, 0.3) is 16.7 Å². The van der Waals surface area contributed by atoms with E-state index in [4.69, 9.17) is 4.74 Å². The molecule has 0 saturated carbocycles. The van der Waals surface area contributed by atoms with E-state index in [1.54, 1.807) is 60.7 Å². The summed E-state index contributed by atoms with van der Waals surface area (Å²) in [5.41, 5.74) is 0.622. The number of nitrogens with one attached hydrogen (secondary N) is 1. The van der Waals surface area contributed by atoms with Crippen LogP contribution in [0.5, 0.6) is 5.75 Å². The summed E-state index contributed by atoms with van der Waals surface area (Å²) in [5.74, 6) is -1.46. The molecule has 0 spiro atoms. The maximum Gasteiger partial charge on any atom is 0.343 e. The van der Waals surface area contributed by atoms with Gasteiger partial charge in [-0.2, -0.15) is 9.78 Å². The van der Waals surface area contributed by atoms with E-state index >= 15 is 0 Å². The predicted molar refractivity (Wildman–Crippen MR) is 135 cm³/mol. The van der Waals surface area contributed by atoms with Crippen LogP contribution in [0.4, 0.5) is 17.2 Å². The molecule has 0 atom stereocenters. The molecule has 0 saturated heterocycles. The summed E-state index contributed by atoms with van der Waals surface area (Å²) in [6.45, 7) is 0.